The van der Waals surface area contributed by atoms with Gasteiger partial charge in [0.2, 0.25) is 5.91 Å². The van der Waals surface area contributed by atoms with Crippen LogP contribution in [0.2, 0.25) is 0 Å². The summed E-state index contributed by atoms with van der Waals surface area (Å²) in [6.45, 7) is 2.60. The van der Waals surface area contributed by atoms with E-state index in [0.717, 1.165) is 17.4 Å². The lowest BCUT2D eigenvalue weighted by atomic mass is 10.3. The third-order valence-electron chi connectivity index (χ3n) is 4.51. The number of fused-ring (bicyclic) bond motifs is 1. The van der Waals surface area contributed by atoms with Crippen molar-refractivity contribution in [2.24, 2.45) is 14.1 Å². The second-order valence-corrected chi connectivity index (χ2v) is 7.56. The largest absolute Gasteiger partial charge is 0.332 e. The van der Waals surface area contributed by atoms with Crippen molar-refractivity contribution in [1.82, 2.24) is 18.7 Å². The first-order valence-corrected chi connectivity index (χ1v) is 10.2. The fourth-order valence-corrected chi connectivity index (χ4v) is 3.74. The molecule has 1 amide bonds. The number of rotatable bonds is 7. The van der Waals surface area contributed by atoms with Gasteiger partial charge in [-0.1, -0.05) is 25.1 Å². The van der Waals surface area contributed by atoms with E-state index < -0.39 is 11.2 Å². The zero-order valence-electron chi connectivity index (χ0n) is 16.4. The van der Waals surface area contributed by atoms with E-state index >= 15 is 0 Å². The number of carbonyl (C=O) groups excluding carboxylic acids is 1. The van der Waals surface area contributed by atoms with Crippen LogP contribution in [0, 0.1) is 5.82 Å². The minimum atomic E-state index is -0.451. The van der Waals surface area contributed by atoms with E-state index in [2.05, 4.69) is 10.3 Å². The molecule has 0 aliphatic heterocycles. The molecule has 8 nitrogen and oxygen atoms in total. The fraction of sp³-hybridized carbons (Fsp3) is 0.368. The summed E-state index contributed by atoms with van der Waals surface area (Å²) < 4.78 is 17.2. The molecule has 29 heavy (non-hydrogen) atoms. The van der Waals surface area contributed by atoms with Gasteiger partial charge in [0, 0.05) is 26.3 Å². The number of anilines is 1. The van der Waals surface area contributed by atoms with E-state index in [4.69, 9.17) is 0 Å². The van der Waals surface area contributed by atoms with Crippen molar-refractivity contribution in [1.29, 1.82) is 0 Å². The van der Waals surface area contributed by atoms with Crippen LogP contribution in [0.15, 0.2) is 39.0 Å². The number of unbranched alkanes of at least 4 members (excludes halogenated alkanes) is 1. The highest BCUT2D eigenvalue weighted by Gasteiger charge is 2.19. The number of halogens is 1. The number of nitrogens with zero attached hydrogens (tertiary/aromatic N) is 4. The molecule has 0 radical (unpaired) electrons. The average Bonchev–Trinajstić information content (AvgIpc) is 3.08. The summed E-state index contributed by atoms with van der Waals surface area (Å²) in [7, 11) is 3.00. The minimum absolute atomic E-state index is 0.0566. The number of hydrogen-bond acceptors (Lipinski definition) is 5. The number of thioether (sulfide) groups is 1. The molecule has 0 aliphatic carbocycles. The molecule has 1 N–H and O–H groups in total. The van der Waals surface area contributed by atoms with Gasteiger partial charge in [0.25, 0.3) is 5.56 Å². The number of imidazole rings is 1. The Hall–Kier alpha value is -2.88. The summed E-state index contributed by atoms with van der Waals surface area (Å²) >= 11 is 1.19. The lowest BCUT2D eigenvalue weighted by molar-refractivity contribution is -0.113. The molecule has 0 unspecified atom stereocenters. The smallest absolute Gasteiger partial charge is 0.325 e. The van der Waals surface area contributed by atoms with Gasteiger partial charge in [0.05, 0.1) is 5.75 Å². The number of hydrogen-bond donors (Lipinski definition) is 1. The average molecular weight is 419 g/mol. The van der Waals surface area contributed by atoms with Crippen LogP contribution in [-0.2, 0) is 25.4 Å². The predicted octanol–water partition coefficient (Wildman–Crippen LogP) is 2.10. The van der Waals surface area contributed by atoms with Gasteiger partial charge in [-0.3, -0.25) is 18.7 Å². The summed E-state index contributed by atoms with van der Waals surface area (Å²) in [5.74, 6) is -0.604. The molecule has 0 spiro atoms. The number of aromatic nitrogens is 4. The monoisotopic (exact) mass is 419 g/mol. The first-order chi connectivity index (χ1) is 13.8. The lowest BCUT2D eigenvalue weighted by Gasteiger charge is -2.09. The van der Waals surface area contributed by atoms with Crippen molar-refractivity contribution in [3.05, 3.63) is 50.9 Å². The quantitative estimate of drug-likeness (QED) is 0.593. The van der Waals surface area contributed by atoms with Crippen LogP contribution in [0.25, 0.3) is 11.2 Å². The highest BCUT2D eigenvalue weighted by molar-refractivity contribution is 7.99. The Balaban J connectivity index is 1.89. The molecule has 0 aliphatic rings. The lowest BCUT2D eigenvalue weighted by Crippen LogP contribution is -2.37. The number of benzene rings is 1. The standard InChI is InChI=1S/C19H22FN5O3S/c1-4-5-10-25-15-16(23(2)19(28)24(3)17(15)27)22-18(25)29-11-14(26)21-13-8-6-12(20)7-9-13/h6-9H,4-5,10-11H2,1-3H3,(H,21,26). The van der Waals surface area contributed by atoms with Gasteiger partial charge in [-0.05, 0) is 30.7 Å². The molecule has 1 aromatic carbocycles. The third kappa shape index (κ3) is 4.26. The molecule has 10 heteroatoms. The second-order valence-electron chi connectivity index (χ2n) is 6.62. The Morgan fingerprint density at radius 1 is 1.17 bits per heavy atom. The summed E-state index contributed by atoms with van der Waals surface area (Å²) in [5.41, 5.74) is 0.287. The van der Waals surface area contributed by atoms with Crippen molar-refractivity contribution < 1.29 is 9.18 Å². The van der Waals surface area contributed by atoms with Crippen LogP contribution in [-0.4, -0.2) is 30.3 Å². The van der Waals surface area contributed by atoms with E-state index in [1.54, 1.807) is 11.6 Å². The predicted molar refractivity (Wildman–Crippen MR) is 111 cm³/mol. The Morgan fingerprint density at radius 2 is 1.86 bits per heavy atom. The van der Waals surface area contributed by atoms with Gasteiger partial charge >= 0.3 is 5.69 Å². The molecular formula is C19H22FN5O3S. The number of amides is 1. The van der Waals surface area contributed by atoms with Crippen molar-refractivity contribution in [3.8, 4) is 0 Å². The maximum atomic E-state index is 13.0. The Kier molecular flexibility index (Phi) is 6.21. The molecule has 154 valence electrons. The van der Waals surface area contributed by atoms with Gasteiger partial charge in [0.15, 0.2) is 16.3 Å². The second kappa shape index (κ2) is 8.64. The molecule has 0 saturated carbocycles. The summed E-state index contributed by atoms with van der Waals surface area (Å²) in [4.78, 5) is 41.6. The first-order valence-electron chi connectivity index (χ1n) is 9.18. The first kappa shape index (κ1) is 20.8. The van der Waals surface area contributed by atoms with E-state index in [1.807, 2.05) is 6.92 Å². The summed E-state index contributed by atoms with van der Waals surface area (Å²) in [5, 5.41) is 3.19. The van der Waals surface area contributed by atoms with Crippen LogP contribution in [0.5, 0.6) is 0 Å². The van der Waals surface area contributed by atoms with Crippen LogP contribution >= 0.6 is 11.8 Å². The Bertz CT molecular complexity index is 1160. The molecule has 0 atom stereocenters. The van der Waals surface area contributed by atoms with Crippen LogP contribution < -0.4 is 16.6 Å². The zero-order valence-corrected chi connectivity index (χ0v) is 17.3. The highest BCUT2D eigenvalue weighted by Crippen LogP contribution is 2.22. The minimum Gasteiger partial charge on any atom is -0.325 e. The molecule has 3 rings (SSSR count). The molecule has 3 aromatic rings. The zero-order chi connectivity index (χ0) is 21.1. The van der Waals surface area contributed by atoms with Crippen LogP contribution in [0.1, 0.15) is 19.8 Å². The van der Waals surface area contributed by atoms with Gasteiger partial charge < -0.3 is 9.88 Å². The normalized spacial score (nSPS) is 11.2. The fourth-order valence-electron chi connectivity index (χ4n) is 2.92. The van der Waals surface area contributed by atoms with Crippen molar-refractivity contribution in [3.63, 3.8) is 0 Å². The molecule has 2 aromatic heterocycles. The number of carbonyl (C=O) groups is 1. The van der Waals surface area contributed by atoms with Gasteiger partial charge in [0.1, 0.15) is 5.82 Å². The third-order valence-corrected chi connectivity index (χ3v) is 5.48. The number of aryl methyl sites for hydroxylation is 2. The molecule has 0 fully saturated rings. The summed E-state index contributed by atoms with van der Waals surface area (Å²) in [6.07, 6.45) is 1.74. The maximum Gasteiger partial charge on any atom is 0.332 e. The van der Waals surface area contributed by atoms with Gasteiger partial charge in [-0.15, -0.1) is 0 Å². The van der Waals surface area contributed by atoms with Crippen LogP contribution in [0.3, 0.4) is 0 Å². The van der Waals surface area contributed by atoms with Gasteiger partial charge in [-0.25, -0.2) is 14.2 Å². The van der Waals surface area contributed by atoms with Crippen molar-refractivity contribution >= 4 is 34.5 Å². The topological polar surface area (TPSA) is 90.9 Å². The molecular weight excluding hydrogens is 397 g/mol. The molecule has 0 saturated heterocycles. The van der Waals surface area contributed by atoms with E-state index in [1.165, 1.54) is 47.6 Å². The number of nitrogens with one attached hydrogen (secondary N) is 1. The highest BCUT2D eigenvalue weighted by atomic mass is 32.2. The molecule has 0 bridgehead atoms. The maximum absolute atomic E-state index is 13.0. The SMILES string of the molecule is CCCCn1c(SCC(=O)Nc2ccc(F)cc2)nc2c1c(=O)n(C)c(=O)n2C. The van der Waals surface area contributed by atoms with Crippen LogP contribution in [0.4, 0.5) is 10.1 Å². The van der Waals surface area contributed by atoms with E-state index in [9.17, 15) is 18.8 Å². The van der Waals surface area contributed by atoms with Gasteiger partial charge in [-0.2, -0.15) is 0 Å². The van der Waals surface area contributed by atoms with E-state index in [0.29, 0.717) is 28.6 Å². The Labute approximate surface area is 170 Å². The van der Waals surface area contributed by atoms with Crippen molar-refractivity contribution in [2.45, 2.75) is 31.5 Å². The molecule has 2 heterocycles. The van der Waals surface area contributed by atoms with E-state index in [-0.39, 0.29) is 17.5 Å². The summed E-state index contributed by atoms with van der Waals surface area (Å²) in [6, 6.07) is 5.49. The Morgan fingerprint density at radius 3 is 2.52 bits per heavy atom. The van der Waals surface area contributed by atoms with Crippen molar-refractivity contribution in [2.75, 3.05) is 11.1 Å².